The Hall–Kier alpha value is -3.01. The van der Waals surface area contributed by atoms with E-state index in [1.807, 2.05) is 0 Å². The van der Waals surface area contributed by atoms with Gasteiger partial charge in [0.15, 0.2) is 12.4 Å². The van der Waals surface area contributed by atoms with E-state index >= 15 is 0 Å². The van der Waals surface area contributed by atoms with Gasteiger partial charge in [0.25, 0.3) is 11.8 Å². The number of benzene rings is 1. The van der Waals surface area contributed by atoms with E-state index in [9.17, 15) is 27.6 Å². The van der Waals surface area contributed by atoms with Crippen LogP contribution in [0.15, 0.2) is 41.0 Å². The SMILES string of the molecule is O=C(COC(=O)CCCNC(=O)c1ccco1)Nc1ccc(Cl)c(C(F)(F)F)c1. The molecule has 2 rings (SSSR count). The minimum Gasteiger partial charge on any atom is -0.459 e. The lowest BCUT2D eigenvalue weighted by molar-refractivity contribution is -0.147. The first-order valence-corrected chi connectivity index (χ1v) is 8.68. The highest BCUT2D eigenvalue weighted by Crippen LogP contribution is 2.36. The van der Waals surface area contributed by atoms with Crippen LogP contribution in [0.5, 0.6) is 0 Å². The van der Waals surface area contributed by atoms with Gasteiger partial charge in [0.05, 0.1) is 16.8 Å². The average molecular weight is 433 g/mol. The van der Waals surface area contributed by atoms with Crippen molar-refractivity contribution in [3.63, 3.8) is 0 Å². The predicted molar refractivity (Wildman–Crippen MR) is 96.3 cm³/mol. The van der Waals surface area contributed by atoms with E-state index in [4.69, 9.17) is 20.8 Å². The highest BCUT2D eigenvalue weighted by atomic mass is 35.5. The Morgan fingerprint density at radius 3 is 2.59 bits per heavy atom. The van der Waals surface area contributed by atoms with Gasteiger partial charge in [0.2, 0.25) is 0 Å². The summed E-state index contributed by atoms with van der Waals surface area (Å²) < 4.78 is 48.0. The number of esters is 1. The number of hydrogen-bond donors (Lipinski definition) is 2. The van der Waals surface area contributed by atoms with Crippen LogP contribution in [-0.4, -0.2) is 30.9 Å². The molecule has 0 aliphatic rings. The highest BCUT2D eigenvalue weighted by Gasteiger charge is 2.33. The molecule has 0 saturated heterocycles. The molecule has 7 nitrogen and oxygen atoms in total. The van der Waals surface area contributed by atoms with Crippen molar-refractivity contribution in [2.24, 2.45) is 0 Å². The zero-order valence-electron chi connectivity index (χ0n) is 14.8. The lowest BCUT2D eigenvalue weighted by Gasteiger charge is -2.12. The Bertz CT molecular complexity index is 869. The number of carbonyl (C=O) groups is 3. The van der Waals surface area contributed by atoms with E-state index < -0.39 is 41.2 Å². The van der Waals surface area contributed by atoms with E-state index in [2.05, 4.69) is 10.6 Å². The normalized spacial score (nSPS) is 11.0. The van der Waals surface area contributed by atoms with Gasteiger partial charge < -0.3 is 19.8 Å². The third-order valence-corrected chi connectivity index (χ3v) is 3.84. The van der Waals surface area contributed by atoms with Crippen LogP contribution >= 0.6 is 11.6 Å². The number of amides is 2. The topological polar surface area (TPSA) is 97.6 Å². The maximum absolute atomic E-state index is 12.8. The molecule has 0 aliphatic carbocycles. The number of alkyl halides is 3. The Kier molecular flexibility index (Phi) is 7.66. The summed E-state index contributed by atoms with van der Waals surface area (Å²) in [6.07, 6.45) is -3.12. The summed E-state index contributed by atoms with van der Waals surface area (Å²) in [4.78, 5) is 34.9. The fourth-order valence-corrected chi connectivity index (χ4v) is 2.39. The number of anilines is 1. The molecule has 0 fully saturated rings. The van der Waals surface area contributed by atoms with E-state index in [1.54, 1.807) is 6.07 Å². The molecule has 11 heteroatoms. The van der Waals surface area contributed by atoms with Gasteiger partial charge in [-0.2, -0.15) is 13.2 Å². The number of nitrogens with one attached hydrogen (secondary N) is 2. The van der Waals surface area contributed by atoms with Crippen LogP contribution in [-0.2, 0) is 20.5 Å². The molecule has 1 aromatic carbocycles. The average Bonchev–Trinajstić information content (AvgIpc) is 3.19. The van der Waals surface area contributed by atoms with Crippen molar-refractivity contribution < 1.29 is 36.7 Å². The van der Waals surface area contributed by atoms with Crippen molar-refractivity contribution in [3.05, 3.63) is 52.9 Å². The van der Waals surface area contributed by atoms with Crippen LogP contribution in [0, 0.1) is 0 Å². The fourth-order valence-electron chi connectivity index (χ4n) is 2.17. The molecule has 0 radical (unpaired) electrons. The third-order valence-electron chi connectivity index (χ3n) is 3.51. The molecular formula is C18H16ClF3N2O5. The molecule has 29 heavy (non-hydrogen) atoms. The minimum absolute atomic E-state index is 0.0646. The van der Waals surface area contributed by atoms with Crippen molar-refractivity contribution in [1.29, 1.82) is 0 Å². The van der Waals surface area contributed by atoms with Crippen LogP contribution in [0.1, 0.15) is 29.0 Å². The molecule has 2 amide bonds. The molecular weight excluding hydrogens is 417 g/mol. The van der Waals surface area contributed by atoms with E-state index in [1.165, 1.54) is 18.4 Å². The second-order valence-corrected chi connectivity index (χ2v) is 6.15. The Balaban J connectivity index is 1.69. The summed E-state index contributed by atoms with van der Waals surface area (Å²) in [6.45, 7) is -0.479. The molecule has 0 bridgehead atoms. The first-order valence-electron chi connectivity index (χ1n) is 8.30. The fraction of sp³-hybridized carbons (Fsp3) is 0.278. The summed E-state index contributed by atoms with van der Waals surface area (Å²) in [5, 5.41) is 4.23. The molecule has 0 saturated carbocycles. The smallest absolute Gasteiger partial charge is 0.417 e. The summed E-state index contributed by atoms with van der Waals surface area (Å²) in [7, 11) is 0. The van der Waals surface area contributed by atoms with Crippen molar-refractivity contribution in [2.45, 2.75) is 19.0 Å². The van der Waals surface area contributed by atoms with E-state index in [0.717, 1.165) is 6.07 Å². The van der Waals surface area contributed by atoms with Gasteiger partial charge in [-0.05, 0) is 36.8 Å². The van der Waals surface area contributed by atoms with Gasteiger partial charge in [0.1, 0.15) is 0 Å². The highest BCUT2D eigenvalue weighted by molar-refractivity contribution is 6.31. The minimum atomic E-state index is -4.67. The van der Waals surface area contributed by atoms with Crippen LogP contribution in [0.3, 0.4) is 0 Å². The molecule has 2 aromatic rings. The van der Waals surface area contributed by atoms with Crippen molar-refractivity contribution >= 4 is 35.1 Å². The van der Waals surface area contributed by atoms with Gasteiger partial charge in [-0.15, -0.1) is 0 Å². The molecule has 1 heterocycles. The molecule has 0 unspecified atom stereocenters. The molecule has 1 aromatic heterocycles. The zero-order chi connectivity index (χ0) is 21.4. The summed E-state index contributed by atoms with van der Waals surface area (Å²) in [6, 6.07) is 5.93. The summed E-state index contributed by atoms with van der Waals surface area (Å²) in [5.41, 5.74) is -1.23. The molecule has 0 atom stereocenters. The van der Waals surface area contributed by atoms with Crippen molar-refractivity contribution in [3.8, 4) is 0 Å². The number of rotatable bonds is 8. The Labute approximate surface area is 168 Å². The second kappa shape index (κ2) is 9.97. The van der Waals surface area contributed by atoms with Gasteiger partial charge in [-0.1, -0.05) is 11.6 Å². The van der Waals surface area contributed by atoms with E-state index in [0.29, 0.717) is 6.07 Å². The maximum Gasteiger partial charge on any atom is 0.417 e. The maximum atomic E-state index is 12.8. The first kappa shape index (κ1) is 22.3. The number of carbonyl (C=O) groups excluding carboxylic acids is 3. The number of furan rings is 1. The summed E-state index contributed by atoms with van der Waals surface area (Å²) in [5.74, 6) is -1.79. The third kappa shape index (κ3) is 7.15. The molecule has 0 spiro atoms. The van der Waals surface area contributed by atoms with Crippen LogP contribution in [0.25, 0.3) is 0 Å². The quantitative estimate of drug-likeness (QED) is 0.490. The lowest BCUT2D eigenvalue weighted by atomic mass is 10.2. The van der Waals surface area contributed by atoms with Crippen molar-refractivity contribution in [1.82, 2.24) is 5.32 Å². The first-order chi connectivity index (χ1) is 13.7. The van der Waals surface area contributed by atoms with Crippen LogP contribution < -0.4 is 10.6 Å². The largest absolute Gasteiger partial charge is 0.459 e. The van der Waals surface area contributed by atoms with Crippen LogP contribution in [0.2, 0.25) is 5.02 Å². The molecule has 0 aliphatic heterocycles. The van der Waals surface area contributed by atoms with Crippen molar-refractivity contribution in [2.75, 3.05) is 18.5 Å². The zero-order valence-corrected chi connectivity index (χ0v) is 15.6. The number of ether oxygens (including phenoxy) is 1. The molecule has 156 valence electrons. The lowest BCUT2D eigenvalue weighted by Crippen LogP contribution is -2.25. The van der Waals surface area contributed by atoms with Gasteiger partial charge in [-0.3, -0.25) is 14.4 Å². The predicted octanol–water partition coefficient (Wildman–Crippen LogP) is 3.64. The Morgan fingerprint density at radius 2 is 1.93 bits per heavy atom. The Morgan fingerprint density at radius 1 is 1.17 bits per heavy atom. The monoisotopic (exact) mass is 432 g/mol. The molecule has 2 N–H and O–H groups in total. The van der Waals surface area contributed by atoms with Gasteiger partial charge in [-0.25, -0.2) is 0 Å². The number of hydrogen-bond acceptors (Lipinski definition) is 5. The van der Waals surface area contributed by atoms with Gasteiger partial charge in [0, 0.05) is 18.7 Å². The number of halogens is 4. The second-order valence-electron chi connectivity index (χ2n) is 5.74. The standard InChI is InChI=1S/C18H16ClF3N2O5/c19-13-6-5-11(9-12(13)18(20,21)22)24-15(25)10-29-16(26)4-1-7-23-17(27)14-3-2-8-28-14/h2-3,5-6,8-9H,1,4,7,10H2,(H,23,27)(H,24,25). The van der Waals surface area contributed by atoms with Gasteiger partial charge >= 0.3 is 12.1 Å². The van der Waals surface area contributed by atoms with E-state index in [-0.39, 0.29) is 30.8 Å². The summed E-state index contributed by atoms with van der Waals surface area (Å²) >= 11 is 5.50. The van der Waals surface area contributed by atoms with Crippen LogP contribution in [0.4, 0.5) is 18.9 Å².